The number of thiophene rings is 1. The zero-order valence-corrected chi connectivity index (χ0v) is 12.9. The van der Waals surface area contributed by atoms with Crippen LogP contribution in [0, 0.1) is 11.3 Å². The van der Waals surface area contributed by atoms with Gasteiger partial charge < -0.3 is 9.73 Å². The largest absolute Gasteiger partial charge is 0.457 e. The van der Waals surface area contributed by atoms with Crippen LogP contribution in [0.2, 0.25) is 0 Å². The van der Waals surface area contributed by atoms with E-state index in [1.165, 1.54) is 22.5 Å². The number of rotatable bonds is 2. The lowest BCUT2D eigenvalue weighted by molar-refractivity contribution is 0.102. The number of hydrogen-bond donors (Lipinski definition) is 1. The molecule has 20 heavy (non-hydrogen) atoms. The Labute approximate surface area is 128 Å². The first kappa shape index (κ1) is 13.4. The molecule has 0 bridgehead atoms. The van der Waals surface area contributed by atoms with Crippen molar-refractivity contribution in [3.8, 4) is 6.07 Å². The lowest BCUT2D eigenvalue weighted by Gasteiger charge is -2.09. The molecule has 0 saturated carbocycles. The molecule has 1 aliphatic carbocycles. The first-order chi connectivity index (χ1) is 9.70. The summed E-state index contributed by atoms with van der Waals surface area (Å²) >= 11 is 4.70. The number of anilines is 1. The summed E-state index contributed by atoms with van der Waals surface area (Å²) in [5, 5.41) is 12.8. The number of fused-ring (bicyclic) bond motifs is 1. The average molecular weight is 351 g/mol. The van der Waals surface area contributed by atoms with Crippen molar-refractivity contribution in [2.45, 2.75) is 25.7 Å². The fourth-order valence-corrected chi connectivity index (χ4v) is 4.05. The Morgan fingerprint density at radius 3 is 2.95 bits per heavy atom. The van der Waals surface area contributed by atoms with Crippen LogP contribution in [-0.2, 0) is 12.8 Å². The van der Waals surface area contributed by atoms with Crippen LogP contribution in [0.25, 0.3) is 0 Å². The Hall–Kier alpha value is -1.58. The lowest BCUT2D eigenvalue weighted by Crippen LogP contribution is -2.11. The molecule has 1 amide bonds. The van der Waals surface area contributed by atoms with E-state index < -0.39 is 0 Å². The minimum atomic E-state index is -0.263. The third-order valence-electron chi connectivity index (χ3n) is 3.37. The summed E-state index contributed by atoms with van der Waals surface area (Å²) in [4.78, 5) is 13.4. The summed E-state index contributed by atoms with van der Waals surface area (Å²) in [5.74, 6) is -0.263. The molecule has 0 aromatic carbocycles. The van der Waals surface area contributed by atoms with E-state index in [1.807, 2.05) is 0 Å². The maximum atomic E-state index is 12.2. The minimum Gasteiger partial charge on any atom is -0.457 e. The Morgan fingerprint density at radius 2 is 2.25 bits per heavy atom. The van der Waals surface area contributed by atoms with Gasteiger partial charge in [0, 0.05) is 4.88 Å². The van der Waals surface area contributed by atoms with Crippen LogP contribution in [0.4, 0.5) is 5.00 Å². The highest BCUT2D eigenvalue weighted by Gasteiger charge is 2.23. The highest BCUT2D eigenvalue weighted by atomic mass is 79.9. The Balaban J connectivity index is 1.92. The minimum absolute atomic E-state index is 0.263. The van der Waals surface area contributed by atoms with E-state index in [4.69, 9.17) is 4.42 Å². The normalized spacial score (nSPS) is 13.6. The van der Waals surface area contributed by atoms with E-state index in [0.717, 1.165) is 31.2 Å². The molecule has 6 heteroatoms. The van der Waals surface area contributed by atoms with Crippen LogP contribution in [0.15, 0.2) is 21.4 Å². The van der Waals surface area contributed by atoms with E-state index in [-0.39, 0.29) is 5.91 Å². The van der Waals surface area contributed by atoms with Gasteiger partial charge in [-0.2, -0.15) is 5.26 Å². The Kier molecular flexibility index (Phi) is 3.64. The Morgan fingerprint density at radius 1 is 1.45 bits per heavy atom. The molecule has 0 fully saturated rings. The topological polar surface area (TPSA) is 66.0 Å². The molecule has 0 saturated heterocycles. The monoisotopic (exact) mass is 350 g/mol. The zero-order valence-electron chi connectivity index (χ0n) is 10.5. The van der Waals surface area contributed by atoms with Gasteiger partial charge in [-0.25, -0.2) is 0 Å². The van der Waals surface area contributed by atoms with Gasteiger partial charge in [0.25, 0.3) is 5.91 Å². The lowest BCUT2D eigenvalue weighted by atomic mass is 9.96. The number of nitriles is 1. The van der Waals surface area contributed by atoms with E-state index >= 15 is 0 Å². The highest BCUT2D eigenvalue weighted by molar-refractivity contribution is 9.10. The van der Waals surface area contributed by atoms with Crippen molar-refractivity contribution in [2.24, 2.45) is 0 Å². The molecule has 2 aromatic rings. The van der Waals surface area contributed by atoms with E-state index in [9.17, 15) is 10.1 Å². The van der Waals surface area contributed by atoms with Crippen molar-refractivity contribution in [3.63, 3.8) is 0 Å². The van der Waals surface area contributed by atoms with E-state index in [2.05, 4.69) is 27.3 Å². The second-order valence-electron chi connectivity index (χ2n) is 4.59. The second kappa shape index (κ2) is 5.43. The first-order valence-corrected chi connectivity index (χ1v) is 7.90. The number of nitrogens with one attached hydrogen (secondary N) is 1. The SMILES string of the molecule is N#Cc1c(NC(=O)c2ccoc2Br)sc2c1CCCC2. The molecule has 1 N–H and O–H groups in total. The zero-order chi connectivity index (χ0) is 14.1. The summed E-state index contributed by atoms with van der Waals surface area (Å²) in [6.45, 7) is 0. The summed E-state index contributed by atoms with van der Waals surface area (Å²) in [6.07, 6.45) is 5.64. The predicted octanol–water partition coefficient (Wildman–Crippen LogP) is 4.11. The molecule has 2 aromatic heterocycles. The Bertz CT molecular complexity index is 711. The van der Waals surface area contributed by atoms with Gasteiger partial charge in [-0.3, -0.25) is 4.79 Å². The molecule has 4 nitrogen and oxygen atoms in total. The van der Waals surface area contributed by atoms with Crippen LogP contribution in [-0.4, -0.2) is 5.91 Å². The van der Waals surface area contributed by atoms with Crippen molar-refractivity contribution < 1.29 is 9.21 Å². The molecule has 2 heterocycles. The van der Waals surface area contributed by atoms with Crippen LogP contribution in [0.1, 0.15) is 39.2 Å². The quantitative estimate of drug-likeness (QED) is 0.886. The fourth-order valence-electron chi connectivity index (χ4n) is 2.40. The number of carbonyl (C=O) groups is 1. The van der Waals surface area contributed by atoms with Crippen molar-refractivity contribution in [2.75, 3.05) is 5.32 Å². The van der Waals surface area contributed by atoms with Gasteiger partial charge in [-0.15, -0.1) is 11.3 Å². The van der Waals surface area contributed by atoms with Crippen molar-refractivity contribution in [3.05, 3.63) is 38.6 Å². The standard InChI is InChI=1S/C14H11BrN2O2S/c15-12-9(5-6-19-12)13(18)17-14-10(7-16)8-3-1-2-4-11(8)20-14/h5-6H,1-4H2,(H,17,18). The maximum absolute atomic E-state index is 12.2. The molecule has 0 unspecified atom stereocenters. The van der Waals surface area contributed by atoms with Gasteiger partial charge in [0.1, 0.15) is 11.1 Å². The number of hydrogen-bond acceptors (Lipinski definition) is 4. The number of aryl methyl sites for hydroxylation is 1. The summed E-state index contributed by atoms with van der Waals surface area (Å²) in [6, 6.07) is 3.83. The summed E-state index contributed by atoms with van der Waals surface area (Å²) in [5.41, 5.74) is 2.17. The second-order valence-corrected chi connectivity index (χ2v) is 6.41. The number of halogens is 1. The number of nitrogens with zero attached hydrogens (tertiary/aromatic N) is 1. The van der Waals surface area contributed by atoms with Gasteiger partial charge in [-0.05, 0) is 53.2 Å². The van der Waals surface area contributed by atoms with Gasteiger partial charge in [-0.1, -0.05) is 0 Å². The molecular weight excluding hydrogens is 340 g/mol. The third kappa shape index (κ3) is 2.28. The first-order valence-electron chi connectivity index (χ1n) is 6.29. The maximum Gasteiger partial charge on any atom is 0.260 e. The molecule has 3 rings (SSSR count). The number of furan rings is 1. The smallest absolute Gasteiger partial charge is 0.260 e. The van der Waals surface area contributed by atoms with Crippen LogP contribution in [0.3, 0.4) is 0 Å². The highest BCUT2D eigenvalue weighted by Crippen LogP contribution is 2.38. The van der Waals surface area contributed by atoms with Crippen LogP contribution in [0.5, 0.6) is 0 Å². The molecule has 0 atom stereocenters. The molecular formula is C14H11BrN2O2S. The third-order valence-corrected chi connectivity index (χ3v) is 5.19. The molecule has 102 valence electrons. The molecule has 0 aliphatic heterocycles. The number of carbonyl (C=O) groups excluding carboxylic acids is 1. The summed E-state index contributed by atoms with van der Waals surface area (Å²) < 4.78 is 5.45. The van der Waals surface area contributed by atoms with E-state index in [1.54, 1.807) is 6.07 Å². The van der Waals surface area contributed by atoms with Gasteiger partial charge in [0.15, 0.2) is 4.67 Å². The molecule has 0 radical (unpaired) electrons. The van der Waals surface area contributed by atoms with Crippen molar-refractivity contribution >= 4 is 38.2 Å². The molecule has 1 aliphatic rings. The predicted molar refractivity (Wildman–Crippen MR) is 80.0 cm³/mol. The van der Waals surface area contributed by atoms with E-state index in [0.29, 0.717) is 20.8 Å². The van der Waals surface area contributed by atoms with Gasteiger partial charge in [0.2, 0.25) is 0 Å². The number of amides is 1. The van der Waals surface area contributed by atoms with Crippen LogP contribution < -0.4 is 5.32 Å². The fraction of sp³-hybridized carbons (Fsp3) is 0.286. The van der Waals surface area contributed by atoms with Crippen molar-refractivity contribution in [1.29, 1.82) is 5.26 Å². The van der Waals surface area contributed by atoms with Gasteiger partial charge in [0.05, 0.1) is 17.4 Å². The van der Waals surface area contributed by atoms with Crippen molar-refractivity contribution in [1.82, 2.24) is 0 Å². The van der Waals surface area contributed by atoms with Gasteiger partial charge >= 0.3 is 0 Å². The average Bonchev–Trinajstić information content (AvgIpc) is 3.01. The molecule has 0 spiro atoms. The van der Waals surface area contributed by atoms with Crippen LogP contribution >= 0.6 is 27.3 Å². The summed E-state index contributed by atoms with van der Waals surface area (Å²) in [7, 11) is 0.